The summed E-state index contributed by atoms with van der Waals surface area (Å²) in [5, 5.41) is 7.06. The van der Waals surface area contributed by atoms with Gasteiger partial charge in [0.2, 0.25) is 0 Å². The minimum atomic E-state index is -4.61. The molecule has 0 aromatic carbocycles. The smallest absolute Gasteiger partial charge is 0.344 e. The molecule has 0 atom stereocenters. The molecule has 0 radical (unpaired) electrons. The number of hydrogen-bond donors (Lipinski definition) is 3. The first-order chi connectivity index (χ1) is 2.56. The van der Waals surface area contributed by atoms with E-state index in [2.05, 4.69) is 4.33 Å². The predicted molar refractivity (Wildman–Crippen MR) is 27.5 cm³/mol. The minimum Gasteiger partial charge on any atom is -0.344 e. The summed E-state index contributed by atoms with van der Waals surface area (Å²) in [7, 11) is -4.61. The van der Waals surface area contributed by atoms with Gasteiger partial charge in [-0.25, -0.2) is 5.26 Å². The van der Waals surface area contributed by atoms with E-state index < -0.39 is 10.4 Å². The van der Waals surface area contributed by atoms with Crippen molar-refractivity contribution >= 4 is 22.8 Å². The van der Waals surface area contributed by atoms with E-state index >= 15 is 0 Å². The highest BCUT2D eigenvalue weighted by Gasteiger charge is 1.97. The molecule has 0 unspecified atom stereocenters. The zero-order chi connectivity index (χ0) is 5.21. The van der Waals surface area contributed by atoms with Gasteiger partial charge in [-0.15, -0.1) is 12.4 Å². The van der Waals surface area contributed by atoms with Crippen LogP contribution in [0.15, 0.2) is 0 Å². The van der Waals surface area contributed by atoms with Crippen LogP contribution in [0.4, 0.5) is 0 Å². The normalized spacial score (nSPS) is 8.75. The van der Waals surface area contributed by atoms with Crippen molar-refractivity contribution < 1.29 is 22.6 Å². The van der Waals surface area contributed by atoms with Crippen LogP contribution < -0.4 is 6.15 Å². The lowest BCUT2D eigenvalue weighted by Crippen LogP contribution is -1.97. The first-order valence-electron chi connectivity index (χ1n) is 0.865. The van der Waals surface area contributed by atoms with E-state index in [1.54, 1.807) is 0 Å². The zero-order valence-electron chi connectivity index (χ0n) is 3.64. The van der Waals surface area contributed by atoms with Crippen LogP contribution in [0.1, 0.15) is 0 Å². The summed E-state index contributed by atoms with van der Waals surface area (Å²) in [6.45, 7) is 0. The van der Waals surface area contributed by atoms with Crippen molar-refractivity contribution in [2.75, 3.05) is 0 Å². The summed E-state index contributed by atoms with van der Waals surface area (Å²) in [4.78, 5) is 0. The van der Waals surface area contributed by atoms with Gasteiger partial charge in [-0.2, -0.15) is 8.42 Å². The average Bonchev–Trinajstić information content (AvgIpc) is 1.35. The average molecular weight is 168 g/mol. The SMILES string of the molecule is Cl.N.O=S(=O)(O)OO. The molecule has 0 heterocycles. The van der Waals surface area contributed by atoms with Gasteiger partial charge >= 0.3 is 10.4 Å². The number of halogens is 1. The Morgan fingerprint density at radius 2 is 1.50 bits per heavy atom. The Hall–Kier alpha value is 0.0800. The van der Waals surface area contributed by atoms with Gasteiger partial charge in [0.25, 0.3) is 0 Å². The third-order valence-electron chi connectivity index (χ3n) is 0.0942. The first-order valence-corrected chi connectivity index (χ1v) is 2.23. The maximum absolute atomic E-state index is 9.08. The van der Waals surface area contributed by atoms with Crippen molar-refractivity contribution in [3.8, 4) is 0 Å². The molecule has 0 saturated heterocycles. The largest absolute Gasteiger partial charge is 0.423 e. The fraction of sp³-hybridized carbons (Fsp3) is 0. The lowest BCUT2D eigenvalue weighted by atomic mass is 14.0. The maximum atomic E-state index is 9.08. The Bertz CT molecular complexity index is 114. The van der Waals surface area contributed by atoms with Crippen molar-refractivity contribution in [1.29, 1.82) is 0 Å². The van der Waals surface area contributed by atoms with Crippen LogP contribution in [0.5, 0.6) is 0 Å². The van der Waals surface area contributed by atoms with Crippen molar-refractivity contribution in [2.45, 2.75) is 0 Å². The molecule has 0 aromatic heterocycles. The number of hydrogen-bond acceptors (Lipinski definition) is 5. The van der Waals surface area contributed by atoms with Crippen LogP contribution >= 0.6 is 12.4 Å². The third kappa shape index (κ3) is 16.5. The summed E-state index contributed by atoms with van der Waals surface area (Å²) in [5.74, 6) is 0. The van der Waals surface area contributed by atoms with Gasteiger partial charge < -0.3 is 6.15 Å². The lowest BCUT2D eigenvalue weighted by Gasteiger charge is -1.79. The Labute approximate surface area is 52.3 Å². The van der Waals surface area contributed by atoms with E-state index in [4.69, 9.17) is 18.2 Å². The van der Waals surface area contributed by atoms with Crippen LogP contribution in [0, 0.1) is 0 Å². The highest BCUT2D eigenvalue weighted by molar-refractivity contribution is 7.80. The van der Waals surface area contributed by atoms with Crippen molar-refractivity contribution in [2.24, 2.45) is 0 Å². The molecule has 0 bridgehead atoms. The molecule has 54 valence electrons. The van der Waals surface area contributed by atoms with E-state index in [1.165, 1.54) is 0 Å². The van der Waals surface area contributed by atoms with Gasteiger partial charge in [-0.3, -0.25) is 4.55 Å². The standard InChI is InChI=1S/ClH.H3N.H2O5S/c;;1-5-6(2,3)4/h1H;1H3;1H,(H,2,3,4). The van der Waals surface area contributed by atoms with Gasteiger partial charge in [-0.1, -0.05) is 4.33 Å². The molecule has 0 fully saturated rings. The number of rotatable bonds is 1. The molecule has 8 heteroatoms. The second-order valence-corrected chi connectivity index (χ2v) is 1.51. The monoisotopic (exact) mass is 167 g/mol. The molecule has 0 rings (SSSR count). The van der Waals surface area contributed by atoms with E-state index in [0.717, 1.165) is 0 Å². The van der Waals surface area contributed by atoms with Crippen molar-refractivity contribution in [1.82, 2.24) is 6.15 Å². The van der Waals surface area contributed by atoms with Crippen molar-refractivity contribution in [3.63, 3.8) is 0 Å². The topological polar surface area (TPSA) is 119 Å². The Morgan fingerprint density at radius 1 is 1.38 bits per heavy atom. The van der Waals surface area contributed by atoms with Gasteiger partial charge in [0.15, 0.2) is 0 Å². The van der Waals surface area contributed by atoms with Crippen LogP contribution in [-0.4, -0.2) is 18.2 Å². The fourth-order valence-electron chi connectivity index (χ4n) is 0. The molecule has 8 heavy (non-hydrogen) atoms. The molecule has 0 spiro atoms. The molecule has 0 amide bonds. The molecule has 0 saturated carbocycles. The molecule has 0 aliphatic heterocycles. The summed E-state index contributed by atoms with van der Waals surface area (Å²) < 4.78 is 28.0. The molecule has 6 nitrogen and oxygen atoms in total. The molecule has 5 N–H and O–H groups in total. The van der Waals surface area contributed by atoms with E-state index in [0.29, 0.717) is 0 Å². The Balaban J connectivity index is -0.000000125. The predicted octanol–water partition coefficient (Wildman–Crippen LogP) is -0.137. The van der Waals surface area contributed by atoms with Crippen molar-refractivity contribution in [3.05, 3.63) is 0 Å². The Morgan fingerprint density at radius 3 is 1.50 bits per heavy atom. The highest BCUT2D eigenvalue weighted by Crippen LogP contribution is 1.74. The first kappa shape index (κ1) is 15.7. The quantitative estimate of drug-likeness (QED) is 0.284. The summed E-state index contributed by atoms with van der Waals surface area (Å²) in [6.07, 6.45) is 0. The molecule has 0 aliphatic rings. The second kappa shape index (κ2) is 5.22. The summed E-state index contributed by atoms with van der Waals surface area (Å²) in [5.41, 5.74) is 0. The van der Waals surface area contributed by atoms with Gasteiger partial charge in [-0.05, 0) is 0 Å². The molecule has 0 aliphatic carbocycles. The lowest BCUT2D eigenvalue weighted by molar-refractivity contribution is -0.139. The van der Waals surface area contributed by atoms with Crippen LogP contribution in [0.2, 0.25) is 0 Å². The molecular formula is H6ClNO5S. The van der Waals surface area contributed by atoms with Crippen LogP contribution in [-0.2, 0) is 14.7 Å². The van der Waals surface area contributed by atoms with Gasteiger partial charge in [0.05, 0.1) is 0 Å². The third-order valence-corrected chi connectivity index (χ3v) is 0.283. The minimum absolute atomic E-state index is 0. The highest BCUT2D eigenvalue weighted by atomic mass is 35.5. The second-order valence-electron chi connectivity index (χ2n) is 0.502. The van der Waals surface area contributed by atoms with E-state index in [1.807, 2.05) is 0 Å². The summed E-state index contributed by atoms with van der Waals surface area (Å²) in [6, 6.07) is 0. The van der Waals surface area contributed by atoms with Crippen LogP contribution in [0.25, 0.3) is 0 Å². The summed E-state index contributed by atoms with van der Waals surface area (Å²) >= 11 is 0. The van der Waals surface area contributed by atoms with Gasteiger partial charge in [0.1, 0.15) is 0 Å². The van der Waals surface area contributed by atoms with E-state index in [9.17, 15) is 0 Å². The zero-order valence-corrected chi connectivity index (χ0v) is 5.28. The van der Waals surface area contributed by atoms with E-state index in [-0.39, 0.29) is 18.6 Å². The van der Waals surface area contributed by atoms with Crippen LogP contribution in [0.3, 0.4) is 0 Å². The molecule has 0 aromatic rings. The fourth-order valence-corrected chi connectivity index (χ4v) is 0. The maximum Gasteiger partial charge on any atom is 0.423 e. The van der Waals surface area contributed by atoms with Gasteiger partial charge in [0, 0.05) is 0 Å². The molecular weight excluding hydrogens is 162 g/mol. The Kier molecular flexibility index (Phi) is 10.2.